The van der Waals surface area contributed by atoms with E-state index in [1.54, 1.807) is 0 Å². The Kier molecular flexibility index (Phi) is 18.2. The van der Waals surface area contributed by atoms with Crippen molar-refractivity contribution in [2.75, 3.05) is 75.6 Å². The third-order valence-corrected chi connectivity index (χ3v) is 13.3. The molecule has 1 aromatic rings. The summed E-state index contributed by atoms with van der Waals surface area (Å²) in [5.41, 5.74) is 11.1. The number of anilines is 2. The Morgan fingerprint density at radius 3 is 1.27 bits per heavy atom. The molecule has 0 aliphatic heterocycles. The second-order valence-electron chi connectivity index (χ2n) is 8.71. The largest absolute Gasteiger partial charge is 0.524 e. The van der Waals surface area contributed by atoms with Crippen molar-refractivity contribution in [3.8, 4) is 0 Å². The van der Waals surface area contributed by atoms with Crippen molar-refractivity contribution in [2.45, 2.75) is 79.6 Å². The summed E-state index contributed by atoms with van der Waals surface area (Å²) in [7, 11) is -6.69. The highest BCUT2D eigenvalue weighted by molar-refractivity contribution is 6.65. The first kappa shape index (κ1) is 36.7. The molecule has 0 fully saturated rings. The SMILES string of the molecule is CCO[Si](OCC)(OCC)C(CC)N(c1ncnc(N(CCN)CCN)n1)C(CC)[Si](OCC)(OCC)OCC. The molecule has 13 nitrogen and oxygen atoms in total. The molecule has 0 aliphatic rings. The highest BCUT2D eigenvalue weighted by Gasteiger charge is 2.60. The number of hydrogen-bond donors (Lipinski definition) is 2. The fraction of sp³-hybridized carbons (Fsp3) is 0.880. The van der Waals surface area contributed by atoms with Gasteiger partial charge in [-0.2, -0.15) is 4.98 Å². The summed E-state index contributed by atoms with van der Waals surface area (Å²) in [5.74, 6) is 0.929. The number of hydrogen-bond acceptors (Lipinski definition) is 13. The maximum Gasteiger partial charge on any atom is 0.524 e. The molecule has 0 bridgehead atoms. The van der Waals surface area contributed by atoms with Gasteiger partial charge < -0.3 is 47.8 Å². The predicted molar refractivity (Wildman–Crippen MR) is 162 cm³/mol. The minimum atomic E-state index is -3.35. The number of nitrogens with zero attached hydrogens (tertiary/aromatic N) is 5. The molecule has 1 heterocycles. The molecule has 0 spiro atoms. The molecule has 0 radical (unpaired) electrons. The zero-order valence-corrected chi connectivity index (χ0v) is 28.1. The lowest BCUT2D eigenvalue weighted by Gasteiger charge is -2.47. The molecule has 0 saturated carbocycles. The van der Waals surface area contributed by atoms with E-state index in [0.717, 1.165) is 0 Å². The minimum Gasteiger partial charge on any atom is -0.373 e. The van der Waals surface area contributed by atoms with Gasteiger partial charge in [-0.05, 0) is 54.4 Å². The van der Waals surface area contributed by atoms with Gasteiger partial charge in [0.1, 0.15) is 17.7 Å². The molecule has 2 atom stereocenters. The van der Waals surface area contributed by atoms with Crippen molar-refractivity contribution in [1.29, 1.82) is 0 Å². The van der Waals surface area contributed by atoms with E-state index in [1.165, 1.54) is 6.33 Å². The fourth-order valence-electron chi connectivity index (χ4n) is 4.94. The van der Waals surface area contributed by atoms with E-state index in [9.17, 15) is 0 Å². The molecular formula is C25H55N7O6Si2. The molecule has 0 aliphatic carbocycles. The number of nitrogens with two attached hydrogens (primary N) is 2. The van der Waals surface area contributed by atoms with Crippen LogP contribution in [0.2, 0.25) is 0 Å². The summed E-state index contributed by atoms with van der Waals surface area (Å²) < 4.78 is 38.6. The maximum absolute atomic E-state index is 6.44. The van der Waals surface area contributed by atoms with Crippen molar-refractivity contribution in [1.82, 2.24) is 15.0 Å². The Morgan fingerprint density at radius 2 is 0.975 bits per heavy atom. The third kappa shape index (κ3) is 9.37. The fourth-order valence-corrected chi connectivity index (χ4v) is 11.4. The first-order valence-electron chi connectivity index (χ1n) is 14.8. The predicted octanol–water partition coefficient (Wildman–Crippen LogP) is 2.13. The van der Waals surface area contributed by atoms with Crippen molar-refractivity contribution in [3.63, 3.8) is 0 Å². The van der Waals surface area contributed by atoms with Crippen molar-refractivity contribution in [3.05, 3.63) is 6.33 Å². The topological polar surface area (TPSA) is 153 Å². The van der Waals surface area contributed by atoms with Gasteiger partial charge in [0.25, 0.3) is 0 Å². The minimum absolute atomic E-state index is 0.363. The molecule has 0 aromatic carbocycles. The Bertz CT molecular complexity index is 730. The van der Waals surface area contributed by atoms with Gasteiger partial charge >= 0.3 is 17.6 Å². The van der Waals surface area contributed by atoms with E-state index in [4.69, 9.17) is 48.0 Å². The molecule has 0 amide bonds. The van der Waals surface area contributed by atoms with Crippen LogP contribution < -0.4 is 21.3 Å². The molecule has 0 saturated heterocycles. The summed E-state index contributed by atoms with van der Waals surface area (Å²) >= 11 is 0. The van der Waals surface area contributed by atoms with E-state index in [-0.39, 0.29) is 11.3 Å². The van der Waals surface area contributed by atoms with Crippen molar-refractivity contribution >= 4 is 29.5 Å². The number of aromatic nitrogens is 3. The first-order valence-corrected chi connectivity index (χ1v) is 18.4. The van der Waals surface area contributed by atoms with Crippen LogP contribution in [0.1, 0.15) is 68.2 Å². The Balaban J connectivity index is 4.05. The molecule has 1 rings (SSSR count). The van der Waals surface area contributed by atoms with E-state index in [1.807, 2.05) is 46.4 Å². The zero-order chi connectivity index (χ0) is 30.0. The van der Waals surface area contributed by atoms with Gasteiger partial charge in [0, 0.05) is 65.8 Å². The molecular weight excluding hydrogens is 550 g/mol. The van der Waals surface area contributed by atoms with E-state index in [2.05, 4.69) is 23.7 Å². The van der Waals surface area contributed by atoms with Crippen LogP contribution in [0.4, 0.5) is 11.9 Å². The van der Waals surface area contributed by atoms with E-state index < -0.39 is 17.6 Å². The van der Waals surface area contributed by atoms with Crippen LogP contribution in [0.3, 0.4) is 0 Å². The van der Waals surface area contributed by atoms with Crippen LogP contribution in [0.25, 0.3) is 0 Å². The van der Waals surface area contributed by atoms with Gasteiger partial charge in [0.05, 0.1) is 0 Å². The first-order chi connectivity index (χ1) is 19.4. The van der Waals surface area contributed by atoms with Crippen LogP contribution >= 0.6 is 0 Å². The summed E-state index contributed by atoms with van der Waals surface area (Å²) in [5, 5.41) is 0. The summed E-state index contributed by atoms with van der Waals surface area (Å²) in [4.78, 5) is 18.2. The highest BCUT2D eigenvalue weighted by atomic mass is 28.4. The summed E-state index contributed by atoms with van der Waals surface area (Å²) in [6.07, 6.45) is 2.78. The second kappa shape index (κ2) is 19.8. The molecule has 234 valence electrons. The molecule has 1 aromatic heterocycles. The quantitative estimate of drug-likeness (QED) is 0.166. The smallest absolute Gasteiger partial charge is 0.373 e. The Labute approximate surface area is 244 Å². The van der Waals surface area contributed by atoms with Crippen LogP contribution in [-0.4, -0.2) is 110 Å². The maximum atomic E-state index is 6.44. The molecule has 2 unspecified atom stereocenters. The van der Waals surface area contributed by atoms with Crippen LogP contribution in [-0.2, 0) is 26.6 Å². The normalized spacial score (nSPS) is 13.8. The van der Waals surface area contributed by atoms with Crippen molar-refractivity contribution in [2.24, 2.45) is 11.5 Å². The van der Waals surface area contributed by atoms with Crippen LogP contribution in [0, 0.1) is 0 Å². The lowest BCUT2D eigenvalue weighted by atomic mass is 10.3. The molecule has 15 heteroatoms. The van der Waals surface area contributed by atoms with Gasteiger partial charge in [0.2, 0.25) is 11.9 Å². The van der Waals surface area contributed by atoms with Crippen LogP contribution in [0.5, 0.6) is 0 Å². The lowest BCUT2D eigenvalue weighted by molar-refractivity contribution is 0.0501. The van der Waals surface area contributed by atoms with Gasteiger partial charge in [-0.3, -0.25) is 0 Å². The second-order valence-corrected chi connectivity index (χ2v) is 14.2. The molecule has 4 N–H and O–H groups in total. The Hall–Kier alpha value is -1.28. The van der Waals surface area contributed by atoms with Gasteiger partial charge in [0.15, 0.2) is 0 Å². The van der Waals surface area contributed by atoms with Gasteiger partial charge in [-0.25, -0.2) is 9.97 Å². The third-order valence-electron chi connectivity index (χ3n) is 6.19. The van der Waals surface area contributed by atoms with Gasteiger partial charge in [-0.1, -0.05) is 13.8 Å². The van der Waals surface area contributed by atoms with Crippen LogP contribution in [0.15, 0.2) is 6.33 Å². The zero-order valence-electron chi connectivity index (χ0n) is 26.1. The van der Waals surface area contributed by atoms with Crippen molar-refractivity contribution < 1.29 is 26.6 Å². The number of rotatable bonds is 24. The van der Waals surface area contributed by atoms with Gasteiger partial charge in [-0.15, -0.1) is 0 Å². The average molecular weight is 606 g/mol. The monoisotopic (exact) mass is 605 g/mol. The highest BCUT2D eigenvalue weighted by Crippen LogP contribution is 2.34. The average Bonchev–Trinajstić information content (AvgIpc) is 2.94. The Morgan fingerprint density at radius 1 is 0.625 bits per heavy atom. The van der Waals surface area contributed by atoms with E-state index >= 15 is 0 Å². The lowest BCUT2D eigenvalue weighted by Crippen LogP contribution is -2.71. The van der Waals surface area contributed by atoms with E-state index in [0.29, 0.717) is 90.6 Å². The summed E-state index contributed by atoms with van der Waals surface area (Å²) in [6, 6.07) is 0. The molecule has 40 heavy (non-hydrogen) atoms. The standard InChI is InChI=1S/C25H55N7O6Si2/c1-9-22(39(33-11-3,34-12-4)35-13-5)32(23(10-2)40(36-14-6,37-15-7)38-16-8)25-29-21-28-24(30-25)31(19-17-26)20-18-27/h21-23H,9-20,26-27H2,1-8H3. The summed E-state index contributed by atoms with van der Waals surface area (Å²) in [6.45, 7) is 20.5.